The number of esters is 1. The molecular weight excluding hydrogens is 586 g/mol. The second-order valence-electron chi connectivity index (χ2n) is 8.74. The predicted molar refractivity (Wildman–Crippen MR) is 147 cm³/mol. The fraction of sp³-hybridized carbons (Fsp3) is 0.286. The van der Waals surface area contributed by atoms with Gasteiger partial charge in [0.05, 0.1) is 35.4 Å². The number of carbonyl (C=O) groups excluding carboxylic acids is 2. The third-order valence-corrected chi connectivity index (χ3v) is 6.38. The molecule has 1 atom stereocenters. The van der Waals surface area contributed by atoms with E-state index >= 15 is 0 Å². The van der Waals surface area contributed by atoms with Gasteiger partial charge in [-0.25, -0.2) is 4.79 Å². The summed E-state index contributed by atoms with van der Waals surface area (Å²) >= 11 is 12.5. The van der Waals surface area contributed by atoms with Gasteiger partial charge in [-0.1, -0.05) is 36.5 Å². The number of amides is 1. The molecule has 1 N–H and O–H groups in total. The molecule has 1 heterocycles. The number of benzene rings is 2. The number of nitrogens with one attached hydrogen (secondary N) is 1. The number of ether oxygens (including phenoxy) is 2. The molecule has 1 amide bonds. The van der Waals surface area contributed by atoms with Crippen LogP contribution in [-0.2, 0) is 14.3 Å². The first-order valence-corrected chi connectivity index (χ1v) is 13.1. The number of hydrogen-bond donors (Lipinski definition) is 1. The average molecular weight is 610 g/mol. The molecule has 13 heteroatoms. The maximum absolute atomic E-state index is 13.2. The molecule has 41 heavy (non-hydrogen) atoms. The maximum Gasteiger partial charge on any atom is 0.522 e. The number of alkyl halides is 3. The van der Waals surface area contributed by atoms with E-state index < -0.39 is 42.9 Å². The third-order valence-electron chi connectivity index (χ3n) is 5.84. The lowest BCUT2D eigenvalue weighted by atomic mass is 10.0. The summed E-state index contributed by atoms with van der Waals surface area (Å²) < 4.78 is 47.8. The van der Waals surface area contributed by atoms with E-state index in [0.29, 0.717) is 6.42 Å². The molecule has 0 fully saturated rings. The summed E-state index contributed by atoms with van der Waals surface area (Å²) in [4.78, 5) is 38.5. The number of unbranched alkanes of at least 4 members (excludes halogenated alkanes) is 1. The van der Waals surface area contributed by atoms with Gasteiger partial charge in [0, 0.05) is 40.5 Å². The molecule has 2 aromatic carbocycles. The highest BCUT2D eigenvalue weighted by Crippen LogP contribution is 2.32. The standard InChI is InChI=1S/C28H24Cl2F3N3O5/c1-2-3-11-40-27(39)17-5-8-20(9-6-17)35-26(38)24(10-12-41-28(31,32)33)36-16-23(30)22(14-25(36)37)21-13-19(29)7-4-18(21)15-34/h4-9,13-14,16,24H,2-3,10-12H2,1H3,(H,35,38). The van der Waals surface area contributed by atoms with Crippen LogP contribution in [0.25, 0.3) is 11.1 Å². The Morgan fingerprint density at radius 1 is 1.07 bits per heavy atom. The highest BCUT2D eigenvalue weighted by atomic mass is 35.5. The quantitative estimate of drug-likeness (QED) is 0.190. The lowest BCUT2D eigenvalue weighted by Gasteiger charge is -2.21. The van der Waals surface area contributed by atoms with E-state index in [9.17, 15) is 32.8 Å². The SMILES string of the molecule is CCCCOC(=O)c1ccc(NC(=O)C(CCOC(F)(F)F)n2cc(Cl)c(-c3cc(Cl)ccc3C#N)cc2=O)cc1. The molecule has 0 radical (unpaired) electrons. The largest absolute Gasteiger partial charge is 0.522 e. The Hall–Kier alpha value is -3.85. The van der Waals surface area contributed by atoms with Gasteiger partial charge in [0.25, 0.3) is 5.56 Å². The molecule has 1 aromatic heterocycles. The maximum atomic E-state index is 13.2. The zero-order valence-corrected chi connectivity index (χ0v) is 23.1. The highest BCUT2D eigenvalue weighted by molar-refractivity contribution is 6.34. The summed E-state index contributed by atoms with van der Waals surface area (Å²) in [7, 11) is 0. The van der Waals surface area contributed by atoms with Crippen LogP contribution < -0.4 is 10.9 Å². The Morgan fingerprint density at radius 2 is 1.78 bits per heavy atom. The number of nitrogens with zero attached hydrogens (tertiary/aromatic N) is 2. The number of carbonyl (C=O) groups is 2. The molecule has 0 bridgehead atoms. The van der Waals surface area contributed by atoms with Gasteiger partial charge in [0.2, 0.25) is 5.91 Å². The average Bonchev–Trinajstić information content (AvgIpc) is 2.92. The van der Waals surface area contributed by atoms with E-state index in [-0.39, 0.29) is 44.6 Å². The molecule has 0 aliphatic rings. The van der Waals surface area contributed by atoms with Gasteiger partial charge in [0.15, 0.2) is 0 Å². The van der Waals surface area contributed by atoms with Crippen LogP contribution in [0.3, 0.4) is 0 Å². The lowest BCUT2D eigenvalue weighted by Crippen LogP contribution is -2.34. The van der Waals surface area contributed by atoms with E-state index in [0.717, 1.165) is 23.3 Å². The molecule has 0 aliphatic carbocycles. The van der Waals surface area contributed by atoms with Crippen LogP contribution in [0.5, 0.6) is 0 Å². The zero-order chi connectivity index (χ0) is 30.2. The first-order chi connectivity index (χ1) is 19.4. The molecule has 0 saturated heterocycles. The van der Waals surface area contributed by atoms with Crippen LogP contribution in [0, 0.1) is 11.3 Å². The smallest absolute Gasteiger partial charge is 0.462 e. The zero-order valence-electron chi connectivity index (χ0n) is 21.6. The van der Waals surface area contributed by atoms with Gasteiger partial charge < -0.3 is 14.6 Å². The monoisotopic (exact) mass is 609 g/mol. The molecule has 0 aliphatic heterocycles. The van der Waals surface area contributed by atoms with Gasteiger partial charge in [-0.15, -0.1) is 13.2 Å². The minimum absolute atomic E-state index is 0.0520. The normalized spacial score (nSPS) is 11.9. The van der Waals surface area contributed by atoms with E-state index in [1.54, 1.807) is 0 Å². The molecule has 0 saturated carbocycles. The third kappa shape index (κ3) is 8.82. The van der Waals surface area contributed by atoms with Crippen molar-refractivity contribution in [3.8, 4) is 17.2 Å². The van der Waals surface area contributed by atoms with Crippen molar-refractivity contribution in [2.45, 2.75) is 38.6 Å². The van der Waals surface area contributed by atoms with Gasteiger partial charge in [-0.3, -0.25) is 14.3 Å². The highest BCUT2D eigenvalue weighted by Gasteiger charge is 2.31. The molecule has 216 valence electrons. The van der Waals surface area contributed by atoms with E-state index in [4.69, 9.17) is 27.9 Å². The van der Waals surface area contributed by atoms with Gasteiger partial charge in [-0.05, 0) is 48.9 Å². The Kier molecular flexibility index (Phi) is 10.9. The minimum atomic E-state index is -4.95. The lowest BCUT2D eigenvalue weighted by molar-refractivity contribution is -0.325. The topological polar surface area (TPSA) is 110 Å². The van der Waals surface area contributed by atoms with Crippen LogP contribution in [0.2, 0.25) is 10.0 Å². The van der Waals surface area contributed by atoms with Crippen molar-refractivity contribution in [3.63, 3.8) is 0 Å². The van der Waals surface area contributed by atoms with Crippen molar-refractivity contribution in [1.82, 2.24) is 4.57 Å². The number of rotatable bonds is 11. The van der Waals surface area contributed by atoms with Gasteiger partial charge in [-0.2, -0.15) is 5.26 Å². The number of hydrogen-bond acceptors (Lipinski definition) is 6. The molecule has 0 spiro atoms. The number of aromatic nitrogens is 1. The summed E-state index contributed by atoms with van der Waals surface area (Å²) in [5.74, 6) is -1.38. The van der Waals surface area contributed by atoms with E-state index in [1.807, 2.05) is 13.0 Å². The summed E-state index contributed by atoms with van der Waals surface area (Å²) in [6, 6.07) is 11.6. The van der Waals surface area contributed by atoms with Crippen molar-refractivity contribution in [2.75, 3.05) is 18.5 Å². The van der Waals surface area contributed by atoms with Crippen LogP contribution >= 0.6 is 23.2 Å². The van der Waals surface area contributed by atoms with Crippen LogP contribution in [-0.4, -0.2) is 36.0 Å². The first-order valence-electron chi connectivity index (χ1n) is 12.3. The summed E-state index contributed by atoms with van der Waals surface area (Å²) in [5.41, 5.74) is 0.286. The van der Waals surface area contributed by atoms with Crippen molar-refractivity contribution in [1.29, 1.82) is 5.26 Å². The summed E-state index contributed by atoms with van der Waals surface area (Å²) in [6.45, 7) is 1.29. The van der Waals surface area contributed by atoms with E-state index in [1.165, 1.54) is 42.5 Å². The first kappa shape index (κ1) is 31.7. The number of halogens is 5. The number of anilines is 1. The Labute approximate surface area is 243 Å². The molecule has 3 aromatic rings. The predicted octanol–water partition coefficient (Wildman–Crippen LogP) is 6.76. The van der Waals surface area contributed by atoms with Gasteiger partial charge in [0.1, 0.15) is 6.04 Å². The van der Waals surface area contributed by atoms with Crippen molar-refractivity contribution >= 4 is 40.8 Å². The number of pyridine rings is 1. The molecule has 1 unspecified atom stereocenters. The fourth-order valence-electron chi connectivity index (χ4n) is 3.80. The molecule has 8 nitrogen and oxygen atoms in total. The second-order valence-corrected chi connectivity index (χ2v) is 9.58. The fourth-order valence-corrected chi connectivity index (χ4v) is 4.23. The Balaban J connectivity index is 1.90. The Bertz CT molecular complexity index is 1500. The number of nitriles is 1. The molecule has 3 rings (SSSR count). The van der Waals surface area contributed by atoms with Crippen LogP contribution in [0.4, 0.5) is 18.9 Å². The summed E-state index contributed by atoms with van der Waals surface area (Å²) in [6.07, 6.45) is -2.82. The van der Waals surface area contributed by atoms with Crippen LogP contribution in [0.15, 0.2) is 59.5 Å². The minimum Gasteiger partial charge on any atom is -0.462 e. The van der Waals surface area contributed by atoms with E-state index in [2.05, 4.69) is 10.1 Å². The molecular formula is C28H24Cl2F3N3O5. The van der Waals surface area contributed by atoms with Crippen molar-refractivity contribution in [2.24, 2.45) is 0 Å². The van der Waals surface area contributed by atoms with Gasteiger partial charge >= 0.3 is 12.3 Å². The van der Waals surface area contributed by atoms with Crippen molar-refractivity contribution < 1.29 is 32.2 Å². The van der Waals surface area contributed by atoms with Crippen LogP contribution in [0.1, 0.15) is 48.1 Å². The summed E-state index contributed by atoms with van der Waals surface area (Å²) in [5, 5.41) is 12.2. The second kappa shape index (κ2) is 14.2. The van der Waals surface area contributed by atoms with Crippen molar-refractivity contribution in [3.05, 3.63) is 86.3 Å². The Morgan fingerprint density at radius 3 is 2.41 bits per heavy atom.